The molecular formula is C28H31N5O3. The van der Waals surface area contributed by atoms with Crippen LogP contribution in [0.15, 0.2) is 72.8 Å². The van der Waals surface area contributed by atoms with Gasteiger partial charge in [-0.25, -0.2) is 9.78 Å². The minimum absolute atomic E-state index is 0.141. The Hall–Kier alpha value is -4.04. The number of nitrogens with one attached hydrogen (secondary N) is 1. The summed E-state index contributed by atoms with van der Waals surface area (Å²) >= 11 is 0. The fourth-order valence-corrected chi connectivity index (χ4v) is 4.68. The molecule has 1 N–H and O–H groups in total. The van der Waals surface area contributed by atoms with Gasteiger partial charge in [-0.15, -0.1) is 0 Å². The predicted molar refractivity (Wildman–Crippen MR) is 141 cm³/mol. The number of carbonyl (C=O) groups excluding carboxylic acids is 1. The molecule has 0 bridgehead atoms. The number of hydrogen-bond acceptors (Lipinski definition) is 5. The largest absolute Gasteiger partial charge is 0.493 e. The highest BCUT2D eigenvalue weighted by molar-refractivity contribution is 5.91. The molecule has 2 amide bonds. The minimum atomic E-state index is -0.141. The standard InChI is InChI=1S/C28H31N5O3/c1-35-25-14-8-12-23(27(25)36-2)30-28(34)32-17-15-31(16-18-32)20-26-29-22-11-6-7-13-24(22)33(26)19-21-9-4-3-5-10-21/h3-14H,15-20H2,1-2H3,(H,30,34). The molecule has 36 heavy (non-hydrogen) atoms. The van der Waals surface area contributed by atoms with Gasteiger partial charge in [0, 0.05) is 32.7 Å². The normalized spacial score (nSPS) is 14.1. The number of carbonyl (C=O) groups is 1. The molecule has 8 nitrogen and oxygen atoms in total. The fourth-order valence-electron chi connectivity index (χ4n) is 4.68. The lowest BCUT2D eigenvalue weighted by Gasteiger charge is -2.34. The number of aromatic nitrogens is 2. The van der Waals surface area contributed by atoms with E-state index < -0.39 is 0 Å². The average molecular weight is 486 g/mol. The zero-order valence-electron chi connectivity index (χ0n) is 20.7. The Labute approximate surface area is 211 Å². The molecule has 0 unspecified atom stereocenters. The second-order valence-corrected chi connectivity index (χ2v) is 8.82. The van der Waals surface area contributed by atoms with E-state index in [2.05, 4.69) is 57.2 Å². The number of hydrogen-bond donors (Lipinski definition) is 1. The van der Waals surface area contributed by atoms with Crippen LogP contribution in [0.1, 0.15) is 11.4 Å². The number of methoxy groups -OCH3 is 2. The van der Waals surface area contributed by atoms with Crippen LogP contribution in [0.4, 0.5) is 10.5 Å². The van der Waals surface area contributed by atoms with Gasteiger partial charge in [0.25, 0.3) is 0 Å². The van der Waals surface area contributed by atoms with Crippen LogP contribution in [0.25, 0.3) is 11.0 Å². The van der Waals surface area contributed by atoms with Crippen molar-refractivity contribution in [3.8, 4) is 11.5 Å². The SMILES string of the molecule is COc1cccc(NC(=O)N2CCN(Cc3nc4ccccc4n3Cc3ccccc3)CC2)c1OC. The summed E-state index contributed by atoms with van der Waals surface area (Å²) in [6, 6.07) is 24.1. The van der Waals surface area contributed by atoms with Crippen molar-refractivity contribution < 1.29 is 14.3 Å². The first-order valence-electron chi connectivity index (χ1n) is 12.1. The van der Waals surface area contributed by atoms with Crippen LogP contribution in [0, 0.1) is 0 Å². The number of imidazole rings is 1. The molecule has 1 aliphatic heterocycles. The van der Waals surface area contributed by atoms with E-state index in [1.807, 2.05) is 29.2 Å². The summed E-state index contributed by atoms with van der Waals surface area (Å²) in [5.74, 6) is 2.14. The Bertz CT molecular complexity index is 1330. The molecule has 1 saturated heterocycles. The van der Waals surface area contributed by atoms with Gasteiger partial charge in [0.1, 0.15) is 5.82 Å². The molecule has 1 aliphatic rings. The lowest BCUT2D eigenvalue weighted by Crippen LogP contribution is -2.49. The van der Waals surface area contributed by atoms with E-state index in [1.54, 1.807) is 20.3 Å². The number of anilines is 1. The van der Waals surface area contributed by atoms with E-state index in [0.29, 0.717) is 30.3 Å². The molecule has 5 rings (SSSR count). The van der Waals surface area contributed by atoms with Gasteiger partial charge in [-0.05, 0) is 29.8 Å². The first kappa shape index (κ1) is 23.7. The van der Waals surface area contributed by atoms with E-state index in [0.717, 1.165) is 43.0 Å². The highest BCUT2D eigenvalue weighted by Gasteiger charge is 2.24. The summed E-state index contributed by atoms with van der Waals surface area (Å²) in [7, 11) is 3.15. The highest BCUT2D eigenvalue weighted by atomic mass is 16.5. The van der Waals surface area contributed by atoms with E-state index in [9.17, 15) is 4.79 Å². The van der Waals surface area contributed by atoms with Crippen molar-refractivity contribution in [2.75, 3.05) is 45.7 Å². The Morgan fingerprint density at radius 2 is 1.61 bits per heavy atom. The van der Waals surface area contributed by atoms with Gasteiger partial charge in [0.05, 0.1) is 37.5 Å². The number of urea groups is 1. The highest BCUT2D eigenvalue weighted by Crippen LogP contribution is 2.34. The zero-order chi connectivity index (χ0) is 24.9. The third kappa shape index (κ3) is 4.99. The topological polar surface area (TPSA) is 71.9 Å². The fraction of sp³-hybridized carbons (Fsp3) is 0.286. The summed E-state index contributed by atoms with van der Waals surface area (Å²) in [5.41, 5.74) is 3.99. The van der Waals surface area contributed by atoms with Gasteiger partial charge in [-0.3, -0.25) is 4.90 Å². The van der Waals surface area contributed by atoms with Crippen molar-refractivity contribution >= 4 is 22.8 Å². The number of nitrogens with zero attached hydrogens (tertiary/aromatic N) is 4. The van der Waals surface area contributed by atoms with Crippen LogP contribution in [0.3, 0.4) is 0 Å². The van der Waals surface area contributed by atoms with Gasteiger partial charge in [-0.2, -0.15) is 0 Å². The molecule has 0 atom stereocenters. The summed E-state index contributed by atoms with van der Waals surface area (Å²) in [4.78, 5) is 22.1. The van der Waals surface area contributed by atoms with Crippen molar-refractivity contribution in [2.24, 2.45) is 0 Å². The van der Waals surface area contributed by atoms with E-state index in [4.69, 9.17) is 14.5 Å². The molecule has 0 aliphatic carbocycles. The van der Waals surface area contributed by atoms with E-state index in [1.165, 1.54) is 5.56 Å². The van der Waals surface area contributed by atoms with Crippen LogP contribution in [0.2, 0.25) is 0 Å². The van der Waals surface area contributed by atoms with Crippen LogP contribution in [-0.2, 0) is 13.1 Å². The first-order chi connectivity index (χ1) is 17.7. The van der Waals surface area contributed by atoms with Crippen LogP contribution in [0.5, 0.6) is 11.5 Å². The summed E-state index contributed by atoms with van der Waals surface area (Å²) in [5, 5.41) is 2.97. The average Bonchev–Trinajstić information content (AvgIpc) is 3.26. The Morgan fingerprint density at radius 3 is 2.36 bits per heavy atom. The third-order valence-electron chi connectivity index (χ3n) is 6.59. The van der Waals surface area contributed by atoms with Gasteiger partial charge in [-0.1, -0.05) is 48.5 Å². The monoisotopic (exact) mass is 485 g/mol. The van der Waals surface area contributed by atoms with Crippen molar-refractivity contribution in [3.63, 3.8) is 0 Å². The maximum atomic E-state index is 13.0. The Morgan fingerprint density at radius 1 is 0.861 bits per heavy atom. The van der Waals surface area contributed by atoms with Gasteiger partial charge in [0.15, 0.2) is 11.5 Å². The van der Waals surface area contributed by atoms with Crippen molar-refractivity contribution in [1.82, 2.24) is 19.4 Å². The number of ether oxygens (including phenoxy) is 2. The summed E-state index contributed by atoms with van der Waals surface area (Å²) < 4.78 is 13.1. The molecule has 0 radical (unpaired) electrons. The Kier molecular flexibility index (Phi) is 7.04. The van der Waals surface area contributed by atoms with Crippen LogP contribution < -0.4 is 14.8 Å². The number of amides is 2. The number of rotatable bonds is 7. The predicted octanol–water partition coefficient (Wildman–Crippen LogP) is 4.45. The molecular weight excluding hydrogens is 454 g/mol. The minimum Gasteiger partial charge on any atom is -0.493 e. The summed E-state index contributed by atoms with van der Waals surface area (Å²) in [6.45, 7) is 4.34. The van der Waals surface area contributed by atoms with Crippen molar-refractivity contribution in [2.45, 2.75) is 13.1 Å². The van der Waals surface area contributed by atoms with Gasteiger partial charge >= 0.3 is 6.03 Å². The molecule has 0 spiro atoms. The zero-order valence-corrected chi connectivity index (χ0v) is 20.7. The lowest BCUT2D eigenvalue weighted by molar-refractivity contribution is 0.140. The second kappa shape index (κ2) is 10.7. The van der Waals surface area contributed by atoms with E-state index in [-0.39, 0.29) is 6.03 Å². The molecule has 3 aromatic carbocycles. The lowest BCUT2D eigenvalue weighted by atomic mass is 10.2. The van der Waals surface area contributed by atoms with Crippen molar-refractivity contribution in [1.29, 1.82) is 0 Å². The second-order valence-electron chi connectivity index (χ2n) is 8.82. The third-order valence-corrected chi connectivity index (χ3v) is 6.59. The maximum absolute atomic E-state index is 13.0. The van der Waals surface area contributed by atoms with E-state index >= 15 is 0 Å². The van der Waals surface area contributed by atoms with Crippen LogP contribution in [-0.4, -0.2) is 65.8 Å². The quantitative estimate of drug-likeness (QED) is 0.419. The molecule has 0 saturated carbocycles. The van der Waals surface area contributed by atoms with Crippen molar-refractivity contribution in [3.05, 3.63) is 84.2 Å². The smallest absolute Gasteiger partial charge is 0.322 e. The molecule has 8 heteroatoms. The number of benzene rings is 3. The number of para-hydroxylation sites is 3. The van der Waals surface area contributed by atoms with Gasteiger partial charge in [0.2, 0.25) is 0 Å². The molecule has 4 aromatic rings. The molecule has 1 aromatic heterocycles. The first-order valence-corrected chi connectivity index (χ1v) is 12.1. The van der Waals surface area contributed by atoms with Crippen LogP contribution >= 0.6 is 0 Å². The number of fused-ring (bicyclic) bond motifs is 1. The Balaban J connectivity index is 1.25. The molecule has 186 valence electrons. The molecule has 2 heterocycles. The summed E-state index contributed by atoms with van der Waals surface area (Å²) in [6.07, 6.45) is 0. The maximum Gasteiger partial charge on any atom is 0.322 e. The number of piperazine rings is 1. The van der Waals surface area contributed by atoms with Gasteiger partial charge < -0.3 is 24.3 Å². The molecule has 1 fully saturated rings.